The monoisotopic (exact) mass is 340 g/mol. The van der Waals surface area contributed by atoms with E-state index in [1.54, 1.807) is 0 Å². The molecule has 0 spiro atoms. The summed E-state index contributed by atoms with van der Waals surface area (Å²) in [6.45, 7) is 9.43. The number of hydrogen-bond donors (Lipinski definition) is 1. The first-order valence-corrected chi connectivity index (χ1v) is 9.62. The first kappa shape index (κ1) is 16.5. The molecule has 1 fully saturated rings. The number of rotatable bonds is 5. The zero-order valence-corrected chi connectivity index (χ0v) is 15.3. The normalized spacial score (nSPS) is 20.3. The number of fused-ring (bicyclic) bond motifs is 1. The molecule has 4 rings (SSSR count). The number of nitrogens with one attached hydrogen (secondary N) is 1. The smallest absolute Gasteiger partial charge is 0.145 e. The number of ether oxygens (including phenoxy) is 1. The van der Waals surface area contributed by atoms with E-state index < -0.39 is 0 Å². The quantitative estimate of drug-likeness (QED) is 0.905. The first-order chi connectivity index (χ1) is 12.3. The molecule has 1 atom stereocenters. The molecular weight excluding hydrogens is 312 g/mol. The molecule has 2 aliphatic heterocycles. The molecule has 3 heterocycles. The van der Waals surface area contributed by atoms with Crippen LogP contribution in [0, 0.1) is 0 Å². The highest BCUT2D eigenvalue weighted by molar-refractivity contribution is 5.60. The van der Waals surface area contributed by atoms with E-state index in [1.165, 1.54) is 30.6 Å². The van der Waals surface area contributed by atoms with E-state index >= 15 is 0 Å². The van der Waals surface area contributed by atoms with E-state index in [4.69, 9.17) is 9.84 Å². The molecular formula is C20H28N4O. The van der Waals surface area contributed by atoms with Crippen molar-refractivity contribution in [1.82, 2.24) is 14.7 Å². The fourth-order valence-electron chi connectivity index (χ4n) is 4.18. The molecule has 0 aliphatic carbocycles. The summed E-state index contributed by atoms with van der Waals surface area (Å²) in [5.41, 5.74) is 3.74. The molecule has 1 N–H and O–H groups in total. The predicted octanol–water partition coefficient (Wildman–Crippen LogP) is 3.44. The number of benzene rings is 1. The molecule has 1 aromatic heterocycles. The van der Waals surface area contributed by atoms with Gasteiger partial charge < -0.3 is 15.0 Å². The highest BCUT2D eigenvalue weighted by atomic mass is 16.5. The summed E-state index contributed by atoms with van der Waals surface area (Å²) in [6, 6.07) is 8.20. The molecule has 25 heavy (non-hydrogen) atoms. The van der Waals surface area contributed by atoms with E-state index in [2.05, 4.69) is 34.0 Å². The zero-order chi connectivity index (χ0) is 17.2. The Morgan fingerprint density at radius 1 is 1.28 bits per heavy atom. The van der Waals surface area contributed by atoms with Crippen LogP contribution in [0.5, 0.6) is 5.75 Å². The Balaban J connectivity index is 1.74. The van der Waals surface area contributed by atoms with Gasteiger partial charge in [-0.05, 0) is 51.4 Å². The number of likely N-dealkylation sites (N-methyl/N-ethyl adjacent to an activating group) is 1. The first-order valence-electron chi connectivity index (χ1n) is 9.62. The van der Waals surface area contributed by atoms with Crippen LogP contribution in [-0.4, -0.2) is 47.5 Å². The van der Waals surface area contributed by atoms with E-state index in [-0.39, 0.29) is 0 Å². The Morgan fingerprint density at radius 2 is 2.16 bits per heavy atom. The lowest BCUT2D eigenvalue weighted by Gasteiger charge is -2.31. The maximum absolute atomic E-state index is 5.84. The Kier molecular flexibility index (Phi) is 4.66. The number of para-hydroxylation sites is 2. The summed E-state index contributed by atoms with van der Waals surface area (Å²) in [5.74, 6) is 2.60. The Bertz CT molecular complexity index is 739. The minimum Gasteiger partial charge on any atom is -0.492 e. The van der Waals surface area contributed by atoms with Crippen molar-refractivity contribution in [2.45, 2.75) is 39.0 Å². The van der Waals surface area contributed by atoms with Gasteiger partial charge in [-0.1, -0.05) is 19.1 Å². The summed E-state index contributed by atoms with van der Waals surface area (Å²) in [5, 5.41) is 8.64. The molecule has 2 aliphatic rings. The summed E-state index contributed by atoms with van der Waals surface area (Å²) in [4.78, 5) is 2.55. The lowest BCUT2D eigenvalue weighted by molar-refractivity contribution is 0.215. The number of aromatic nitrogens is 2. The van der Waals surface area contributed by atoms with Crippen LogP contribution >= 0.6 is 0 Å². The molecule has 1 saturated heterocycles. The second-order valence-electron chi connectivity index (χ2n) is 6.93. The number of piperidine rings is 1. The summed E-state index contributed by atoms with van der Waals surface area (Å²) in [6.07, 6.45) is 3.58. The van der Waals surface area contributed by atoms with Gasteiger partial charge in [-0.15, -0.1) is 0 Å². The lowest BCUT2D eigenvalue weighted by atomic mass is 9.92. The van der Waals surface area contributed by atoms with Crippen LogP contribution in [-0.2, 0) is 6.42 Å². The average Bonchev–Trinajstić information content (AvgIpc) is 3.25. The zero-order valence-electron chi connectivity index (χ0n) is 15.3. The van der Waals surface area contributed by atoms with Crippen molar-refractivity contribution in [3.05, 3.63) is 35.5 Å². The van der Waals surface area contributed by atoms with Crippen LogP contribution in [0.2, 0.25) is 0 Å². The number of anilines is 1. The van der Waals surface area contributed by atoms with E-state index in [1.807, 2.05) is 19.1 Å². The van der Waals surface area contributed by atoms with Crippen molar-refractivity contribution in [1.29, 1.82) is 0 Å². The topological polar surface area (TPSA) is 42.3 Å². The maximum Gasteiger partial charge on any atom is 0.145 e. The van der Waals surface area contributed by atoms with Gasteiger partial charge in [0.05, 0.1) is 12.3 Å². The van der Waals surface area contributed by atoms with Crippen molar-refractivity contribution in [2.24, 2.45) is 0 Å². The van der Waals surface area contributed by atoms with Crippen molar-refractivity contribution >= 4 is 5.82 Å². The van der Waals surface area contributed by atoms with Crippen molar-refractivity contribution in [3.63, 3.8) is 0 Å². The van der Waals surface area contributed by atoms with Crippen molar-refractivity contribution in [3.8, 4) is 11.4 Å². The van der Waals surface area contributed by atoms with Gasteiger partial charge in [-0.3, -0.25) is 0 Å². The third-order valence-corrected chi connectivity index (χ3v) is 5.41. The van der Waals surface area contributed by atoms with E-state index in [9.17, 15) is 0 Å². The molecule has 5 heteroatoms. The fourth-order valence-corrected chi connectivity index (χ4v) is 4.18. The van der Waals surface area contributed by atoms with Crippen LogP contribution in [0.25, 0.3) is 5.69 Å². The van der Waals surface area contributed by atoms with Gasteiger partial charge in [0.2, 0.25) is 0 Å². The average molecular weight is 340 g/mol. The van der Waals surface area contributed by atoms with Crippen LogP contribution in [0.4, 0.5) is 5.82 Å². The predicted molar refractivity (Wildman–Crippen MR) is 101 cm³/mol. The summed E-state index contributed by atoms with van der Waals surface area (Å²) < 4.78 is 7.92. The number of nitrogens with zero attached hydrogens (tertiary/aromatic N) is 3. The molecule has 134 valence electrons. The van der Waals surface area contributed by atoms with Crippen molar-refractivity contribution in [2.75, 3.05) is 38.1 Å². The second kappa shape index (κ2) is 7.08. The molecule has 0 saturated carbocycles. The molecule has 0 bridgehead atoms. The van der Waals surface area contributed by atoms with Gasteiger partial charge >= 0.3 is 0 Å². The van der Waals surface area contributed by atoms with Crippen molar-refractivity contribution < 1.29 is 4.74 Å². The summed E-state index contributed by atoms with van der Waals surface area (Å²) >= 11 is 0. The Morgan fingerprint density at radius 3 is 3.00 bits per heavy atom. The van der Waals surface area contributed by atoms with Crippen LogP contribution in [0.15, 0.2) is 24.3 Å². The molecule has 2 aromatic rings. The molecule has 5 nitrogen and oxygen atoms in total. The molecule has 1 unspecified atom stereocenters. The van der Waals surface area contributed by atoms with Gasteiger partial charge in [0.25, 0.3) is 0 Å². The fraction of sp³-hybridized carbons (Fsp3) is 0.550. The highest BCUT2D eigenvalue weighted by Gasteiger charge is 2.30. The van der Waals surface area contributed by atoms with Gasteiger partial charge in [0.1, 0.15) is 17.3 Å². The van der Waals surface area contributed by atoms with Gasteiger partial charge in [-0.25, -0.2) is 4.68 Å². The largest absolute Gasteiger partial charge is 0.492 e. The van der Waals surface area contributed by atoms with E-state index in [0.717, 1.165) is 43.3 Å². The molecule has 0 radical (unpaired) electrons. The van der Waals surface area contributed by atoms with Crippen LogP contribution in [0.3, 0.4) is 0 Å². The van der Waals surface area contributed by atoms with Gasteiger partial charge in [-0.2, -0.15) is 5.10 Å². The number of hydrogen-bond acceptors (Lipinski definition) is 4. The van der Waals surface area contributed by atoms with Gasteiger partial charge in [0.15, 0.2) is 0 Å². The maximum atomic E-state index is 5.84. The SMILES string of the molecule is CCOc1ccccc1-n1nc(C2CCCN(CC)C2)c2c1NCC2. The molecule has 0 amide bonds. The lowest BCUT2D eigenvalue weighted by Crippen LogP contribution is -2.34. The minimum absolute atomic E-state index is 0.544. The highest BCUT2D eigenvalue weighted by Crippen LogP contribution is 2.37. The summed E-state index contributed by atoms with van der Waals surface area (Å²) in [7, 11) is 0. The van der Waals surface area contributed by atoms with Crippen LogP contribution in [0.1, 0.15) is 43.9 Å². The standard InChI is InChI=1S/C20H28N4O/c1-3-23-13-7-8-15(14-23)19-16-11-12-21-20(16)24(22-19)17-9-5-6-10-18(17)25-4-2/h5-6,9-10,15,21H,3-4,7-8,11-14H2,1-2H3. The molecule has 1 aromatic carbocycles. The Hall–Kier alpha value is -2.01. The number of likely N-dealkylation sites (tertiary alicyclic amines) is 1. The Labute approximate surface area is 150 Å². The third kappa shape index (κ3) is 3.01. The van der Waals surface area contributed by atoms with E-state index in [0.29, 0.717) is 12.5 Å². The minimum atomic E-state index is 0.544. The van der Waals surface area contributed by atoms with Gasteiger partial charge in [0, 0.05) is 24.6 Å². The third-order valence-electron chi connectivity index (χ3n) is 5.41. The van der Waals surface area contributed by atoms with Crippen LogP contribution < -0.4 is 10.1 Å². The second-order valence-corrected chi connectivity index (χ2v) is 6.93.